The van der Waals surface area contributed by atoms with E-state index in [4.69, 9.17) is 4.74 Å². The lowest BCUT2D eigenvalue weighted by molar-refractivity contribution is -0.223. The fraction of sp³-hybridized carbons (Fsp3) is 0.478. The molecule has 0 bridgehead atoms. The van der Waals surface area contributed by atoms with Crippen LogP contribution in [0.2, 0.25) is 0 Å². The summed E-state index contributed by atoms with van der Waals surface area (Å²) in [5.74, 6) is -0.490. The van der Waals surface area contributed by atoms with Crippen LogP contribution in [-0.2, 0) is 6.42 Å². The minimum absolute atomic E-state index is 0.0879. The fourth-order valence-corrected chi connectivity index (χ4v) is 4.01. The van der Waals surface area contributed by atoms with E-state index in [1.807, 2.05) is 13.0 Å². The van der Waals surface area contributed by atoms with Gasteiger partial charge in [-0.25, -0.2) is 4.39 Å². The van der Waals surface area contributed by atoms with Crippen LogP contribution < -0.4 is 4.74 Å². The van der Waals surface area contributed by atoms with Crippen LogP contribution in [0.3, 0.4) is 0 Å². The van der Waals surface area contributed by atoms with E-state index in [2.05, 4.69) is 6.58 Å². The van der Waals surface area contributed by atoms with Gasteiger partial charge >= 0.3 is 6.11 Å². The minimum Gasteiger partial charge on any atom is -0.432 e. The van der Waals surface area contributed by atoms with Gasteiger partial charge in [-0.2, -0.15) is 8.78 Å². The highest BCUT2D eigenvalue weighted by Gasteiger charge is 2.43. The summed E-state index contributed by atoms with van der Waals surface area (Å²) in [6, 6.07) is 7.91. The summed E-state index contributed by atoms with van der Waals surface area (Å²) in [6.45, 7) is 5.60. The molecule has 0 spiro atoms. The molecule has 0 amide bonds. The van der Waals surface area contributed by atoms with Crippen LogP contribution in [0.25, 0.3) is 10.8 Å². The zero-order valence-corrected chi connectivity index (χ0v) is 15.8. The molecule has 4 heteroatoms. The fourth-order valence-electron chi connectivity index (χ4n) is 4.01. The Labute approximate surface area is 159 Å². The average molecular weight is 376 g/mol. The Morgan fingerprint density at radius 1 is 1.11 bits per heavy atom. The molecular formula is C23H27F3O. The predicted molar refractivity (Wildman–Crippen MR) is 104 cm³/mol. The second-order valence-electron chi connectivity index (χ2n) is 7.55. The standard InChI is InChI=1S/C23H27F3O/c1-3-5-6-16-7-10-20(11-8-16)23(25,26)27-21-12-9-18-13-17(4-2)22(24)15-19(18)14-21/h3,9,12-16,20H,1,4-8,10-11H2,2H3. The molecule has 2 aromatic rings. The Morgan fingerprint density at radius 3 is 2.52 bits per heavy atom. The van der Waals surface area contributed by atoms with Gasteiger partial charge in [-0.3, -0.25) is 0 Å². The molecule has 3 rings (SSSR count). The molecule has 146 valence electrons. The van der Waals surface area contributed by atoms with Crippen molar-refractivity contribution in [3.63, 3.8) is 0 Å². The summed E-state index contributed by atoms with van der Waals surface area (Å²) < 4.78 is 48.4. The Balaban J connectivity index is 1.69. The topological polar surface area (TPSA) is 9.23 Å². The number of aryl methyl sites for hydroxylation is 1. The van der Waals surface area contributed by atoms with Crippen molar-refractivity contribution in [2.24, 2.45) is 11.8 Å². The lowest BCUT2D eigenvalue weighted by Crippen LogP contribution is -2.37. The molecule has 0 aliphatic heterocycles. The summed E-state index contributed by atoms with van der Waals surface area (Å²) in [7, 11) is 0. The number of alkyl halides is 2. The molecule has 0 N–H and O–H groups in total. The van der Waals surface area contributed by atoms with Gasteiger partial charge < -0.3 is 4.74 Å². The molecular weight excluding hydrogens is 349 g/mol. The highest BCUT2D eigenvalue weighted by atomic mass is 19.3. The van der Waals surface area contributed by atoms with Crippen molar-refractivity contribution in [3.8, 4) is 5.75 Å². The molecule has 0 saturated heterocycles. The first kappa shape index (κ1) is 19.8. The van der Waals surface area contributed by atoms with E-state index in [1.54, 1.807) is 18.2 Å². The molecule has 1 nitrogen and oxygen atoms in total. The van der Waals surface area contributed by atoms with E-state index in [-0.39, 0.29) is 11.6 Å². The van der Waals surface area contributed by atoms with Gasteiger partial charge in [0.05, 0.1) is 5.92 Å². The van der Waals surface area contributed by atoms with Crippen LogP contribution in [0.4, 0.5) is 13.2 Å². The minimum atomic E-state index is -3.21. The first-order valence-corrected chi connectivity index (χ1v) is 9.83. The first-order chi connectivity index (χ1) is 12.9. The molecule has 0 aromatic heterocycles. The summed E-state index contributed by atoms with van der Waals surface area (Å²) in [4.78, 5) is 0. The monoisotopic (exact) mass is 376 g/mol. The van der Waals surface area contributed by atoms with Crippen LogP contribution in [0.15, 0.2) is 43.0 Å². The highest BCUT2D eigenvalue weighted by Crippen LogP contribution is 2.41. The Bertz CT molecular complexity index is 792. The van der Waals surface area contributed by atoms with Gasteiger partial charge in [0.15, 0.2) is 0 Å². The molecule has 1 aliphatic rings. The van der Waals surface area contributed by atoms with E-state index in [0.29, 0.717) is 36.1 Å². The third-order valence-electron chi connectivity index (χ3n) is 5.71. The predicted octanol–water partition coefficient (Wildman–Crippen LogP) is 7.29. The zero-order valence-electron chi connectivity index (χ0n) is 15.8. The van der Waals surface area contributed by atoms with Crippen LogP contribution >= 0.6 is 0 Å². The lowest BCUT2D eigenvalue weighted by Gasteiger charge is -2.33. The Kier molecular flexibility index (Phi) is 6.13. The quantitative estimate of drug-likeness (QED) is 0.461. The van der Waals surface area contributed by atoms with Crippen LogP contribution in [-0.4, -0.2) is 6.11 Å². The van der Waals surface area contributed by atoms with E-state index < -0.39 is 12.0 Å². The van der Waals surface area contributed by atoms with Crippen molar-refractivity contribution >= 4 is 10.8 Å². The van der Waals surface area contributed by atoms with E-state index in [1.165, 1.54) is 12.1 Å². The number of benzene rings is 2. The zero-order chi connectivity index (χ0) is 19.4. The smallest absolute Gasteiger partial charge is 0.400 e. The van der Waals surface area contributed by atoms with E-state index in [9.17, 15) is 13.2 Å². The van der Waals surface area contributed by atoms with Gasteiger partial charge in [-0.1, -0.05) is 19.1 Å². The molecule has 1 saturated carbocycles. The number of hydrogen-bond donors (Lipinski definition) is 0. The normalized spacial score (nSPS) is 20.6. The number of allylic oxidation sites excluding steroid dienone is 1. The summed E-state index contributed by atoms with van der Waals surface area (Å²) >= 11 is 0. The van der Waals surface area contributed by atoms with Crippen LogP contribution in [0, 0.1) is 17.7 Å². The third kappa shape index (κ3) is 4.66. The Morgan fingerprint density at radius 2 is 1.85 bits per heavy atom. The molecule has 1 aliphatic carbocycles. The molecule has 0 heterocycles. The third-order valence-corrected chi connectivity index (χ3v) is 5.71. The van der Waals surface area contributed by atoms with Gasteiger partial charge in [0, 0.05) is 0 Å². The maximum Gasteiger partial charge on any atom is 0.400 e. The first-order valence-electron chi connectivity index (χ1n) is 9.83. The maximum atomic E-state index is 14.7. The van der Waals surface area contributed by atoms with E-state index >= 15 is 0 Å². The number of rotatable bonds is 7. The highest BCUT2D eigenvalue weighted by molar-refractivity contribution is 5.84. The molecule has 0 unspecified atom stereocenters. The largest absolute Gasteiger partial charge is 0.432 e. The maximum absolute atomic E-state index is 14.7. The van der Waals surface area contributed by atoms with Crippen molar-refractivity contribution in [2.75, 3.05) is 0 Å². The Hall–Kier alpha value is -1.97. The van der Waals surface area contributed by atoms with E-state index in [0.717, 1.165) is 31.1 Å². The SMILES string of the molecule is C=CCCC1CCC(C(F)(F)Oc2ccc3cc(CC)c(F)cc3c2)CC1. The summed E-state index contributed by atoms with van der Waals surface area (Å²) in [6.07, 6.45) is 3.78. The van der Waals surface area contributed by atoms with Crippen molar-refractivity contribution in [2.45, 2.75) is 58.0 Å². The molecule has 27 heavy (non-hydrogen) atoms. The van der Waals surface area contributed by atoms with Crippen molar-refractivity contribution in [3.05, 3.63) is 54.4 Å². The molecule has 2 aromatic carbocycles. The van der Waals surface area contributed by atoms with Crippen molar-refractivity contribution in [1.82, 2.24) is 0 Å². The van der Waals surface area contributed by atoms with Crippen LogP contribution in [0.5, 0.6) is 5.75 Å². The van der Waals surface area contributed by atoms with Crippen LogP contribution in [0.1, 0.15) is 51.0 Å². The van der Waals surface area contributed by atoms with Crippen molar-refractivity contribution < 1.29 is 17.9 Å². The van der Waals surface area contributed by atoms with Gasteiger partial charge in [0.2, 0.25) is 0 Å². The number of halogens is 3. The van der Waals surface area contributed by atoms with Crippen molar-refractivity contribution in [1.29, 1.82) is 0 Å². The lowest BCUT2D eigenvalue weighted by atomic mass is 9.79. The van der Waals surface area contributed by atoms with Gasteiger partial charge in [-0.05, 0) is 91.5 Å². The molecule has 0 atom stereocenters. The average Bonchev–Trinajstić information content (AvgIpc) is 2.65. The number of ether oxygens (including phenoxy) is 1. The molecule has 0 radical (unpaired) electrons. The van der Waals surface area contributed by atoms with Gasteiger partial charge in [0.1, 0.15) is 11.6 Å². The number of fused-ring (bicyclic) bond motifs is 1. The second kappa shape index (κ2) is 8.37. The second-order valence-corrected chi connectivity index (χ2v) is 7.55. The number of hydrogen-bond acceptors (Lipinski definition) is 1. The summed E-state index contributed by atoms with van der Waals surface area (Å²) in [5, 5.41) is 1.40. The van der Waals surface area contributed by atoms with Gasteiger partial charge in [0.25, 0.3) is 0 Å². The summed E-state index contributed by atoms with van der Waals surface area (Å²) in [5.41, 5.74) is 0.620. The van der Waals surface area contributed by atoms with Gasteiger partial charge in [-0.15, -0.1) is 6.58 Å². The molecule has 1 fully saturated rings.